The van der Waals surface area contributed by atoms with E-state index in [9.17, 15) is 15.2 Å². The van der Waals surface area contributed by atoms with Gasteiger partial charge in [0, 0.05) is 6.21 Å². The molecule has 1 unspecified atom stereocenters. The van der Waals surface area contributed by atoms with Gasteiger partial charge in [-0.2, -0.15) is 5.26 Å². The molecule has 1 heterocycles. The lowest BCUT2D eigenvalue weighted by Crippen LogP contribution is -2.28. The van der Waals surface area contributed by atoms with Crippen molar-refractivity contribution in [2.45, 2.75) is 33.7 Å². The van der Waals surface area contributed by atoms with Gasteiger partial charge in [0.05, 0.1) is 17.3 Å². The molecule has 0 saturated carbocycles. The van der Waals surface area contributed by atoms with E-state index in [0.29, 0.717) is 11.1 Å². The summed E-state index contributed by atoms with van der Waals surface area (Å²) in [7, 11) is 0. The third-order valence-corrected chi connectivity index (χ3v) is 5.30. The van der Waals surface area contributed by atoms with Crippen molar-refractivity contribution in [2.75, 3.05) is 0 Å². The second kappa shape index (κ2) is 8.15. The van der Waals surface area contributed by atoms with Crippen LogP contribution in [0.1, 0.15) is 46.3 Å². The minimum atomic E-state index is -0.512. The molecule has 0 bridgehead atoms. The molecule has 1 atom stereocenters. The molecule has 5 nitrogen and oxygen atoms in total. The molecular formula is C24H23N3O2. The van der Waals surface area contributed by atoms with Crippen LogP contribution in [0.5, 0.6) is 5.88 Å². The molecule has 29 heavy (non-hydrogen) atoms. The number of hydrogen-bond acceptors (Lipinski definition) is 4. The Morgan fingerprint density at radius 1 is 1.10 bits per heavy atom. The highest BCUT2D eigenvalue weighted by Gasteiger charge is 2.22. The molecule has 5 heteroatoms. The van der Waals surface area contributed by atoms with Crippen LogP contribution in [0.4, 0.5) is 5.69 Å². The molecule has 0 aliphatic heterocycles. The van der Waals surface area contributed by atoms with Gasteiger partial charge in [0.1, 0.15) is 11.6 Å². The maximum Gasteiger partial charge on any atom is 0.272 e. The Balaban J connectivity index is 2.17. The second-order valence-electron chi connectivity index (χ2n) is 7.14. The largest absolute Gasteiger partial charge is 0.494 e. The van der Waals surface area contributed by atoms with Crippen LogP contribution in [-0.4, -0.2) is 15.9 Å². The molecule has 0 radical (unpaired) electrons. The highest BCUT2D eigenvalue weighted by Crippen LogP contribution is 2.27. The topological polar surface area (TPSA) is 78.4 Å². The van der Waals surface area contributed by atoms with Gasteiger partial charge in [-0.15, -0.1) is 0 Å². The SMILES string of the molecule is Cc1ccc(N=Cc2c(C)c(C#N)c(=O)n(C(C)c3ccccc3)c2O)cc1C. The zero-order valence-electron chi connectivity index (χ0n) is 17.0. The second-order valence-corrected chi connectivity index (χ2v) is 7.14. The summed E-state index contributed by atoms with van der Waals surface area (Å²) >= 11 is 0. The lowest BCUT2D eigenvalue weighted by Gasteiger charge is -2.20. The van der Waals surface area contributed by atoms with Crippen LogP contribution >= 0.6 is 0 Å². The first-order valence-electron chi connectivity index (χ1n) is 9.39. The number of aryl methyl sites for hydroxylation is 2. The molecule has 3 aromatic rings. The third-order valence-electron chi connectivity index (χ3n) is 5.30. The maximum absolute atomic E-state index is 12.9. The van der Waals surface area contributed by atoms with Crippen molar-refractivity contribution >= 4 is 11.9 Å². The molecule has 0 aliphatic rings. The average molecular weight is 385 g/mol. The minimum absolute atomic E-state index is 0.00659. The fourth-order valence-electron chi connectivity index (χ4n) is 3.28. The highest BCUT2D eigenvalue weighted by atomic mass is 16.3. The van der Waals surface area contributed by atoms with E-state index in [1.54, 1.807) is 6.92 Å². The van der Waals surface area contributed by atoms with Gasteiger partial charge in [0.25, 0.3) is 5.56 Å². The Morgan fingerprint density at radius 3 is 2.41 bits per heavy atom. The van der Waals surface area contributed by atoms with Crippen LogP contribution in [0.15, 0.2) is 58.3 Å². The fourth-order valence-corrected chi connectivity index (χ4v) is 3.28. The molecule has 0 fully saturated rings. The number of aliphatic imine (C=N–C) groups is 1. The van der Waals surface area contributed by atoms with Crippen molar-refractivity contribution < 1.29 is 5.11 Å². The predicted molar refractivity (Wildman–Crippen MR) is 115 cm³/mol. The van der Waals surface area contributed by atoms with Crippen molar-refractivity contribution in [2.24, 2.45) is 4.99 Å². The minimum Gasteiger partial charge on any atom is -0.494 e. The number of pyridine rings is 1. The lowest BCUT2D eigenvalue weighted by atomic mass is 10.0. The molecule has 1 N–H and O–H groups in total. The van der Waals surface area contributed by atoms with E-state index in [0.717, 1.165) is 16.8 Å². The van der Waals surface area contributed by atoms with E-state index < -0.39 is 11.6 Å². The third kappa shape index (κ3) is 3.83. The van der Waals surface area contributed by atoms with Gasteiger partial charge < -0.3 is 5.11 Å². The Kier molecular flexibility index (Phi) is 5.65. The summed E-state index contributed by atoms with van der Waals surface area (Å²) in [6, 6.07) is 16.8. The van der Waals surface area contributed by atoms with E-state index in [2.05, 4.69) is 4.99 Å². The molecule has 0 spiro atoms. The normalized spacial score (nSPS) is 12.1. The van der Waals surface area contributed by atoms with Crippen LogP contribution in [-0.2, 0) is 0 Å². The van der Waals surface area contributed by atoms with Gasteiger partial charge in [-0.25, -0.2) is 0 Å². The summed E-state index contributed by atoms with van der Waals surface area (Å²) in [5, 5.41) is 20.5. The van der Waals surface area contributed by atoms with E-state index >= 15 is 0 Å². The summed E-state index contributed by atoms with van der Waals surface area (Å²) in [5.41, 5.74) is 4.14. The van der Waals surface area contributed by atoms with Crippen molar-refractivity contribution in [3.05, 3.63) is 92.3 Å². The lowest BCUT2D eigenvalue weighted by molar-refractivity contribution is 0.393. The fraction of sp³-hybridized carbons (Fsp3) is 0.208. The molecule has 2 aromatic carbocycles. The smallest absolute Gasteiger partial charge is 0.272 e. The number of aromatic nitrogens is 1. The standard InChI is InChI=1S/C24H23N3O2/c1-15-10-11-20(12-16(15)2)26-14-22-17(3)21(13-25)23(28)27(24(22)29)18(4)19-8-6-5-7-9-19/h5-12,14,18,29H,1-4H3. The monoisotopic (exact) mass is 385 g/mol. The van der Waals surface area contributed by atoms with Gasteiger partial charge in [-0.05, 0) is 62.1 Å². The molecule has 0 aliphatic carbocycles. The van der Waals surface area contributed by atoms with E-state index in [1.807, 2.05) is 75.4 Å². The molecular weight excluding hydrogens is 362 g/mol. The molecule has 1 aromatic heterocycles. The Labute approximate surface area is 170 Å². The van der Waals surface area contributed by atoms with Gasteiger partial charge in [-0.3, -0.25) is 14.4 Å². The van der Waals surface area contributed by atoms with Crippen LogP contribution in [0.25, 0.3) is 0 Å². The van der Waals surface area contributed by atoms with Gasteiger partial charge in [-0.1, -0.05) is 36.4 Å². The first kappa shape index (κ1) is 20.1. The zero-order valence-corrected chi connectivity index (χ0v) is 17.0. The first-order valence-corrected chi connectivity index (χ1v) is 9.39. The predicted octanol–water partition coefficient (Wildman–Crippen LogP) is 4.71. The molecule has 0 amide bonds. The number of rotatable bonds is 4. The number of hydrogen-bond donors (Lipinski definition) is 1. The molecule has 3 rings (SSSR count). The van der Waals surface area contributed by atoms with Crippen molar-refractivity contribution in [3.63, 3.8) is 0 Å². The highest BCUT2D eigenvalue weighted by molar-refractivity contribution is 5.87. The summed E-state index contributed by atoms with van der Waals surface area (Å²) < 4.78 is 1.25. The van der Waals surface area contributed by atoms with Gasteiger partial charge in [0.2, 0.25) is 5.88 Å². The summed E-state index contributed by atoms with van der Waals surface area (Å²) in [4.78, 5) is 17.4. The number of benzene rings is 2. The van der Waals surface area contributed by atoms with E-state index in [-0.39, 0.29) is 11.4 Å². The van der Waals surface area contributed by atoms with Crippen LogP contribution < -0.4 is 5.56 Å². The zero-order chi connectivity index (χ0) is 21.1. The molecule has 146 valence electrons. The number of nitriles is 1. The first-order chi connectivity index (χ1) is 13.8. The van der Waals surface area contributed by atoms with Crippen molar-refractivity contribution in [3.8, 4) is 11.9 Å². The quantitative estimate of drug-likeness (QED) is 0.661. The Hall–Kier alpha value is -3.65. The summed E-state index contributed by atoms with van der Waals surface area (Å²) in [6.07, 6.45) is 1.52. The summed E-state index contributed by atoms with van der Waals surface area (Å²) in [6.45, 7) is 7.50. The van der Waals surface area contributed by atoms with Gasteiger partial charge >= 0.3 is 0 Å². The van der Waals surface area contributed by atoms with Crippen LogP contribution in [0.3, 0.4) is 0 Å². The van der Waals surface area contributed by atoms with Crippen molar-refractivity contribution in [1.82, 2.24) is 4.57 Å². The van der Waals surface area contributed by atoms with Crippen LogP contribution in [0, 0.1) is 32.1 Å². The number of aromatic hydroxyl groups is 1. The Morgan fingerprint density at radius 2 is 1.79 bits per heavy atom. The van der Waals surface area contributed by atoms with Crippen LogP contribution in [0.2, 0.25) is 0 Å². The van der Waals surface area contributed by atoms with Crippen molar-refractivity contribution in [1.29, 1.82) is 5.26 Å². The van der Waals surface area contributed by atoms with Gasteiger partial charge in [0.15, 0.2) is 0 Å². The molecule has 0 saturated heterocycles. The number of nitrogens with zero attached hydrogens (tertiary/aromatic N) is 3. The van der Waals surface area contributed by atoms with E-state index in [1.165, 1.54) is 16.3 Å². The van der Waals surface area contributed by atoms with E-state index in [4.69, 9.17) is 0 Å². The average Bonchev–Trinajstić information content (AvgIpc) is 2.71. The Bertz CT molecular complexity index is 1190. The maximum atomic E-state index is 12.9. The summed E-state index contributed by atoms with van der Waals surface area (Å²) in [5.74, 6) is -0.199.